The zero-order chi connectivity index (χ0) is 9.15. The molecule has 0 unspecified atom stereocenters. The monoisotopic (exact) mass is 181 g/mol. The number of rotatable bonds is 5. The van der Waals surface area contributed by atoms with Gasteiger partial charge in [-0.1, -0.05) is 26.2 Å². The Morgan fingerprint density at radius 1 is 1.23 bits per heavy atom. The van der Waals surface area contributed by atoms with Crippen LogP contribution in [0.25, 0.3) is 0 Å². The van der Waals surface area contributed by atoms with E-state index in [1.54, 1.807) is 0 Å². The summed E-state index contributed by atoms with van der Waals surface area (Å²) in [6.45, 7) is 3.63. The average molecular weight is 181 g/mol. The minimum Gasteiger partial charge on any atom is -0.313 e. The van der Waals surface area contributed by atoms with Crippen LogP contribution in [0, 0.1) is 5.41 Å². The fraction of sp³-hybridized carbons (Fsp3) is 1.00. The molecule has 2 aliphatic carbocycles. The van der Waals surface area contributed by atoms with Crippen molar-refractivity contribution in [2.75, 3.05) is 6.54 Å². The van der Waals surface area contributed by atoms with Crippen molar-refractivity contribution in [3.8, 4) is 0 Å². The van der Waals surface area contributed by atoms with E-state index in [1.165, 1.54) is 57.9 Å². The lowest BCUT2D eigenvalue weighted by Gasteiger charge is -2.18. The second-order valence-corrected chi connectivity index (χ2v) is 5.11. The molecule has 0 amide bonds. The van der Waals surface area contributed by atoms with Crippen molar-refractivity contribution in [1.29, 1.82) is 0 Å². The van der Waals surface area contributed by atoms with E-state index >= 15 is 0 Å². The van der Waals surface area contributed by atoms with E-state index in [4.69, 9.17) is 0 Å². The Kier molecular flexibility index (Phi) is 2.92. The highest BCUT2D eigenvalue weighted by atomic mass is 14.9. The van der Waals surface area contributed by atoms with Crippen LogP contribution in [0.2, 0.25) is 0 Å². The van der Waals surface area contributed by atoms with Gasteiger partial charge in [-0.3, -0.25) is 0 Å². The van der Waals surface area contributed by atoms with Crippen LogP contribution in [0.3, 0.4) is 0 Å². The molecule has 13 heavy (non-hydrogen) atoms. The zero-order valence-corrected chi connectivity index (χ0v) is 8.94. The quantitative estimate of drug-likeness (QED) is 0.687. The Bertz CT molecular complexity index is 155. The maximum Gasteiger partial charge on any atom is 0.00672 e. The van der Waals surface area contributed by atoms with E-state index in [0.717, 1.165) is 11.5 Å². The van der Waals surface area contributed by atoms with Gasteiger partial charge >= 0.3 is 0 Å². The van der Waals surface area contributed by atoms with Gasteiger partial charge in [0.1, 0.15) is 0 Å². The summed E-state index contributed by atoms with van der Waals surface area (Å²) in [4.78, 5) is 0. The van der Waals surface area contributed by atoms with Gasteiger partial charge < -0.3 is 5.32 Å². The molecule has 2 aliphatic rings. The van der Waals surface area contributed by atoms with Crippen LogP contribution in [0.1, 0.15) is 58.3 Å². The van der Waals surface area contributed by atoms with Gasteiger partial charge in [0.15, 0.2) is 0 Å². The van der Waals surface area contributed by atoms with Gasteiger partial charge in [0.25, 0.3) is 0 Å². The van der Waals surface area contributed by atoms with Gasteiger partial charge in [-0.15, -0.1) is 0 Å². The zero-order valence-electron chi connectivity index (χ0n) is 8.94. The van der Waals surface area contributed by atoms with Crippen molar-refractivity contribution in [3.63, 3.8) is 0 Å². The minimum atomic E-state index is 0.747. The summed E-state index contributed by atoms with van der Waals surface area (Å²) in [7, 11) is 0. The maximum absolute atomic E-state index is 3.77. The molecule has 1 heteroatoms. The van der Waals surface area contributed by atoms with Gasteiger partial charge in [-0.05, 0) is 37.5 Å². The Morgan fingerprint density at radius 3 is 2.46 bits per heavy atom. The Labute approximate surface area is 82.3 Å². The van der Waals surface area contributed by atoms with Crippen LogP contribution >= 0.6 is 0 Å². The molecule has 0 spiro atoms. The fourth-order valence-electron chi connectivity index (χ4n) is 2.71. The van der Waals surface area contributed by atoms with Crippen LogP contribution in [0.5, 0.6) is 0 Å². The molecular formula is C12H23N. The van der Waals surface area contributed by atoms with Crippen molar-refractivity contribution < 1.29 is 0 Å². The molecule has 1 N–H and O–H groups in total. The molecular weight excluding hydrogens is 158 g/mol. The second-order valence-electron chi connectivity index (χ2n) is 5.11. The molecule has 0 aromatic rings. The van der Waals surface area contributed by atoms with E-state index < -0.39 is 0 Å². The molecule has 0 saturated heterocycles. The third-order valence-corrected chi connectivity index (χ3v) is 3.86. The summed E-state index contributed by atoms with van der Waals surface area (Å²) < 4.78 is 0. The van der Waals surface area contributed by atoms with Crippen molar-refractivity contribution in [1.82, 2.24) is 5.32 Å². The first-order chi connectivity index (χ1) is 6.35. The topological polar surface area (TPSA) is 12.0 Å². The summed E-state index contributed by atoms with van der Waals surface area (Å²) >= 11 is 0. The minimum absolute atomic E-state index is 0.747. The van der Waals surface area contributed by atoms with Gasteiger partial charge in [0, 0.05) is 12.6 Å². The van der Waals surface area contributed by atoms with Crippen LogP contribution in [-0.2, 0) is 0 Å². The molecule has 2 saturated carbocycles. The van der Waals surface area contributed by atoms with Crippen molar-refractivity contribution in [3.05, 3.63) is 0 Å². The van der Waals surface area contributed by atoms with E-state index in [0.29, 0.717) is 0 Å². The van der Waals surface area contributed by atoms with Crippen molar-refractivity contribution in [2.45, 2.75) is 64.3 Å². The lowest BCUT2D eigenvalue weighted by Crippen LogP contribution is -2.32. The highest BCUT2D eigenvalue weighted by Crippen LogP contribution is 2.49. The highest BCUT2D eigenvalue weighted by molar-refractivity contribution is 4.95. The van der Waals surface area contributed by atoms with Gasteiger partial charge in [0.05, 0.1) is 0 Å². The largest absolute Gasteiger partial charge is 0.313 e. The van der Waals surface area contributed by atoms with Crippen LogP contribution in [0.15, 0.2) is 0 Å². The van der Waals surface area contributed by atoms with Gasteiger partial charge in [-0.25, -0.2) is 0 Å². The van der Waals surface area contributed by atoms with Gasteiger partial charge in [-0.2, -0.15) is 0 Å². The summed E-state index contributed by atoms with van der Waals surface area (Å²) in [5.41, 5.74) is 0.747. The van der Waals surface area contributed by atoms with Crippen molar-refractivity contribution in [2.24, 2.45) is 5.41 Å². The normalized spacial score (nSPS) is 26.5. The molecule has 2 rings (SSSR count). The van der Waals surface area contributed by atoms with E-state index in [2.05, 4.69) is 12.2 Å². The summed E-state index contributed by atoms with van der Waals surface area (Å²) in [5.74, 6) is 0. The molecule has 0 aromatic heterocycles. The van der Waals surface area contributed by atoms with Crippen molar-refractivity contribution >= 4 is 0 Å². The highest BCUT2D eigenvalue weighted by Gasteiger charge is 2.41. The van der Waals surface area contributed by atoms with E-state index in [-0.39, 0.29) is 0 Å². The third kappa shape index (κ3) is 2.46. The molecule has 0 bridgehead atoms. The molecule has 2 fully saturated rings. The first kappa shape index (κ1) is 9.51. The molecule has 0 aliphatic heterocycles. The molecule has 0 heterocycles. The van der Waals surface area contributed by atoms with E-state index in [1.807, 2.05) is 0 Å². The lowest BCUT2D eigenvalue weighted by molar-refractivity contribution is 0.386. The standard InChI is InChI=1S/C12H23N/c1-2-7-12(8-9-12)10-13-11-5-3-4-6-11/h11,13H,2-10H2,1H3. The van der Waals surface area contributed by atoms with E-state index in [9.17, 15) is 0 Å². The Morgan fingerprint density at radius 2 is 1.92 bits per heavy atom. The summed E-state index contributed by atoms with van der Waals surface area (Å²) in [6.07, 6.45) is 11.6. The molecule has 0 radical (unpaired) electrons. The predicted octanol–water partition coefficient (Wildman–Crippen LogP) is 3.10. The first-order valence-corrected chi connectivity index (χ1v) is 6.08. The maximum atomic E-state index is 3.77. The van der Waals surface area contributed by atoms with Crippen LogP contribution < -0.4 is 5.32 Å². The molecule has 1 nitrogen and oxygen atoms in total. The SMILES string of the molecule is CCCC1(CNC2CCCC2)CC1. The van der Waals surface area contributed by atoms with Crippen LogP contribution in [0.4, 0.5) is 0 Å². The predicted molar refractivity (Wildman–Crippen MR) is 56.8 cm³/mol. The summed E-state index contributed by atoms with van der Waals surface area (Å²) in [6, 6.07) is 0.870. The molecule has 0 atom stereocenters. The second kappa shape index (κ2) is 4.00. The molecule has 0 aromatic carbocycles. The smallest absolute Gasteiger partial charge is 0.00672 e. The Balaban J connectivity index is 1.66. The number of hydrogen-bond donors (Lipinski definition) is 1. The average Bonchev–Trinajstić information content (AvgIpc) is 2.71. The van der Waals surface area contributed by atoms with Gasteiger partial charge in [0.2, 0.25) is 0 Å². The first-order valence-electron chi connectivity index (χ1n) is 6.08. The lowest BCUT2D eigenvalue weighted by atomic mass is 10.0. The third-order valence-electron chi connectivity index (χ3n) is 3.86. The number of nitrogens with one attached hydrogen (secondary N) is 1. The summed E-state index contributed by atoms with van der Waals surface area (Å²) in [5, 5.41) is 3.77. The number of hydrogen-bond acceptors (Lipinski definition) is 1. The fourth-order valence-corrected chi connectivity index (χ4v) is 2.71. The molecule has 76 valence electrons. The van der Waals surface area contributed by atoms with Crippen LogP contribution in [-0.4, -0.2) is 12.6 Å². The Hall–Kier alpha value is -0.0400.